The zero-order valence-electron chi connectivity index (χ0n) is 29.6. The number of nitrogens with zero attached hydrogens (tertiary/aromatic N) is 2. The molecule has 1 atom stereocenters. The zero-order chi connectivity index (χ0) is 34.4. The summed E-state index contributed by atoms with van der Waals surface area (Å²) >= 11 is 0. The minimum Gasteiger partial charge on any atom is -1.00 e. The van der Waals surface area contributed by atoms with Crippen molar-refractivity contribution in [2.24, 2.45) is 10.7 Å². The Bertz CT molecular complexity index is 1550. The van der Waals surface area contributed by atoms with Crippen molar-refractivity contribution in [3.8, 4) is 5.75 Å². The average Bonchev–Trinajstić information content (AvgIpc) is 3.14. The molecule has 1 unspecified atom stereocenters. The third-order valence-corrected chi connectivity index (χ3v) is 14.8. The fourth-order valence-corrected chi connectivity index (χ4v) is 11.7. The number of nitrogens with one attached hydrogen (secondary N) is 2. The van der Waals surface area contributed by atoms with Crippen LogP contribution in [-0.2, 0) is 0 Å². The van der Waals surface area contributed by atoms with E-state index in [2.05, 4.69) is 15.6 Å². The van der Waals surface area contributed by atoms with Crippen LogP contribution in [-0.4, -0.2) is 43.4 Å². The molecule has 0 aliphatic carbocycles. The van der Waals surface area contributed by atoms with E-state index >= 15 is 4.20 Å². The minimum atomic E-state index is -4.10. The summed E-state index contributed by atoms with van der Waals surface area (Å²) in [5.41, 5.74) is 6.99. The van der Waals surface area contributed by atoms with Gasteiger partial charge >= 0.3 is 201 Å². The maximum absolute atomic E-state index is 18.5. The van der Waals surface area contributed by atoms with Crippen LogP contribution in [0.25, 0.3) is 0 Å². The summed E-state index contributed by atoms with van der Waals surface area (Å²) < 4.78 is 26.5. The van der Waals surface area contributed by atoms with Crippen molar-refractivity contribution in [2.75, 3.05) is 26.9 Å². The van der Waals surface area contributed by atoms with Gasteiger partial charge in [-0.2, -0.15) is 4.99 Å². The first-order chi connectivity index (χ1) is 23.9. The number of aliphatic imine (C=N–C) groups is 1. The average molecular weight is 718 g/mol. The van der Waals surface area contributed by atoms with Crippen LogP contribution < -0.4 is 49.4 Å². The molecule has 9 heteroatoms. The molecular weight excluding hydrogens is 664 g/mol. The smallest absolute Gasteiger partial charge is 0.0195 e. The van der Waals surface area contributed by atoms with E-state index in [-0.39, 0.29) is 18.6 Å². The van der Waals surface area contributed by atoms with E-state index in [1.807, 2.05) is 134 Å². The van der Waals surface area contributed by atoms with Gasteiger partial charge in [-0.3, -0.25) is 9.89 Å². The Morgan fingerprint density at radius 3 is 1.56 bits per heavy atom. The predicted molar refractivity (Wildman–Crippen MR) is 207 cm³/mol. The van der Waals surface area contributed by atoms with Crippen molar-refractivity contribution in [1.29, 1.82) is 0 Å². The van der Waals surface area contributed by atoms with Crippen molar-refractivity contribution in [2.45, 2.75) is 70.4 Å². The van der Waals surface area contributed by atoms with Crippen LogP contribution in [0.5, 0.6) is 5.75 Å². The normalized spacial score (nSPS) is 15.0. The van der Waals surface area contributed by atoms with E-state index in [1.54, 1.807) is 0 Å². The fraction of sp³-hybridized carbons (Fsp3) is 0.366. The van der Waals surface area contributed by atoms with Crippen LogP contribution >= 0.6 is 6.91 Å². The third-order valence-electron chi connectivity index (χ3n) is 9.56. The molecule has 1 heterocycles. The van der Waals surface area contributed by atoms with E-state index in [1.165, 1.54) is 38.5 Å². The van der Waals surface area contributed by atoms with Gasteiger partial charge in [-0.1, -0.05) is 0 Å². The standard InChI is InChI=1S/C41H53FN5OP.ClH/c1-47(2)41-45-39(44-40(43)46-41)34-28-30-35(31-29-34)48-32-20-9-7-5-3-4-6-8-10-21-33-49(42,36-22-14-11-15-23-36,37-24-16-12-17-25-37)38-26-18-13-19-27-38;/h11-19,22-31,39H,3-10,20-21,32-33H2,1-2H3,(H3,43,44,45,46);1H. The van der Waals surface area contributed by atoms with E-state index in [9.17, 15) is 0 Å². The summed E-state index contributed by atoms with van der Waals surface area (Å²) in [5.74, 6) is 2.09. The van der Waals surface area contributed by atoms with Gasteiger partial charge in [-0.15, -0.1) is 0 Å². The number of ether oxygens (including phenoxy) is 1. The molecule has 0 amide bonds. The second kappa shape index (κ2) is 18.9. The number of guanidine groups is 2. The van der Waals surface area contributed by atoms with Gasteiger partial charge in [0.15, 0.2) is 6.17 Å². The Balaban J connectivity index is 0.00000562. The van der Waals surface area contributed by atoms with Gasteiger partial charge < -0.3 is 22.9 Å². The molecule has 4 N–H and O–H groups in total. The van der Waals surface area contributed by atoms with E-state index < -0.39 is 6.91 Å². The van der Waals surface area contributed by atoms with Crippen LogP contribution in [0.15, 0.2) is 120 Å². The van der Waals surface area contributed by atoms with Crippen molar-refractivity contribution < 1.29 is 25.9 Å². The summed E-state index contributed by atoms with van der Waals surface area (Å²) in [6, 6.07) is 37.9. The molecule has 0 saturated heterocycles. The number of halogens is 2. The molecule has 50 heavy (non-hydrogen) atoms. The molecule has 5 rings (SSSR count). The molecule has 1 aliphatic heterocycles. The van der Waals surface area contributed by atoms with Crippen LogP contribution in [0, 0.1) is 0 Å². The Morgan fingerprint density at radius 2 is 1.10 bits per heavy atom. The number of unbranched alkanes of at least 4 members (excludes halogenated alkanes) is 9. The largest absolute Gasteiger partial charge is 1.00 e. The maximum atomic E-state index is 18.5. The Kier molecular flexibility index (Phi) is 14.7. The number of hydrogen-bond donors (Lipinski definition) is 3. The van der Waals surface area contributed by atoms with Gasteiger partial charge in [-0.05, 0) is 24.3 Å². The van der Waals surface area contributed by atoms with Crippen molar-refractivity contribution in [1.82, 2.24) is 10.6 Å². The van der Waals surface area contributed by atoms with Gasteiger partial charge in [0.25, 0.3) is 5.96 Å². The Labute approximate surface area is 304 Å². The maximum Gasteiger partial charge on any atom is -0.0195 e. The van der Waals surface area contributed by atoms with Gasteiger partial charge in [-0.25, -0.2) is 5.32 Å². The summed E-state index contributed by atoms with van der Waals surface area (Å²) in [6.45, 7) is -3.38. The molecule has 0 spiro atoms. The molecule has 268 valence electrons. The number of benzene rings is 4. The molecule has 0 radical (unpaired) electrons. The minimum absolute atomic E-state index is 0. The first kappa shape index (κ1) is 38.9. The monoisotopic (exact) mass is 717 g/mol. The van der Waals surface area contributed by atoms with Crippen molar-refractivity contribution in [3.05, 3.63) is 121 Å². The van der Waals surface area contributed by atoms with Gasteiger partial charge in [0.05, 0.1) is 14.1 Å². The van der Waals surface area contributed by atoms with Gasteiger partial charge in [0, 0.05) is 5.56 Å². The first-order valence-electron chi connectivity index (χ1n) is 17.9. The Morgan fingerprint density at radius 1 is 0.660 bits per heavy atom. The van der Waals surface area contributed by atoms with E-state index in [4.69, 9.17) is 10.5 Å². The zero-order valence-corrected chi connectivity index (χ0v) is 31.3. The molecule has 4 aromatic carbocycles. The molecule has 0 saturated carbocycles. The summed E-state index contributed by atoms with van der Waals surface area (Å²) in [6.07, 6.45) is 11.8. The molecule has 0 fully saturated rings. The number of nitrogens with two attached hydrogens (primary N) is 1. The second-order valence-corrected chi connectivity index (χ2v) is 17.7. The van der Waals surface area contributed by atoms with Crippen molar-refractivity contribution >= 4 is 34.7 Å². The molecule has 4 aromatic rings. The summed E-state index contributed by atoms with van der Waals surface area (Å²) in [4.78, 5) is 4.46. The van der Waals surface area contributed by atoms with Gasteiger partial charge in [0.2, 0.25) is 0 Å². The van der Waals surface area contributed by atoms with Crippen LogP contribution in [0.3, 0.4) is 0 Å². The molecular formula is C41H54ClFN5OP. The molecule has 1 aliphatic rings. The summed E-state index contributed by atoms with van der Waals surface area (Å²) in [7, 11) is 3.90. The van der Waals surface area contributed by atoms with Crippen LogP contribution in [0.4, 0.5) is 4.20 Å². The first-order valence-corrected chi connectivity index (χ1v) is 20.2. The van der Waals surface area contributed by atoms with E-state index in [0.717, 1.165) is 65.5 Å². The SMILES string of the molecule is C[N+](C)=C1NC(N)=NC(c2ccc(OCCCCCCCCCCCCP(F)(c3ccccc3)(c3ccccc3)c3ccccc3)cc2)N1.[Cl-]. The number of rotatable bonds is 18. The molecule has 0 aromatic heterocycles. The Hall–Kier alpha value is -3.93. The third kappa shape index (κ3) is 9.64. The van der Waals surface area contributed by atoms with E-state index in [0.29, 0.717) is 12.1 Å². The molecule has 6 nitrogen and oxygen atoms in total. The van der Waals surface area contributed by atoms with Crippen LogP contribution in [0.1, 0.15) is 75.9 Å². The summed E-state index contributed by atoms with van der Waals surface area (Å²) in [5, 5.41) is 8.88. The predicted octanol–water partition coefficient (Wildman–Crippen LogP) is 4.52. The molecule has 0 bridgehead atoms. The number of hydrogen-bond acceptors (Lipinski definition) is 3. The van der Waals surface area contributed by atoms with Crippen molar-refractivity contribution in [3.63, 3.8) is 0 Å². The topological polar surface area (TPSA) is 74.7 Å². The van der Waals surface area contributed by atoms with Gasteiger partial charge in [0.1, 0.15) is 5.75 Å². The fourth-order valence-electron chi connectivity index (χ4n) is 6.80. The second-order valence-electron chi connectivity index (χ2n) is 13.3. The quantitative estimate of drug-likeness (QED) is 0.0805. The van der Waals surface area contributed by atoms with Crippen LogP contribution in [0.2, 0.25) is 0 Å².